The summed E-state index contributed by atoms with van der Waals surface area (Å²) in [7, 11) is 0. The lowest BCUT2D eigenvalue weighted by molar-refractivity contribution is 0.0995. The molecule has 2 aliphatic rings. The van der Waals surface area contributed by atoms with Crippen LogP contribution >= 0.6 is 0 Å². The van der Waals surface area contributed by atoms with E-state index in [2.05, 4.69) is 53.7 Å². The topological polar surface area (TPSA) is 34.1 Å². The first-order valence-electron chi connectivity index (χ1n) is 11.6. The Hall–Kier alpha value is -3.00. The summed E-state index contributed by atoms with van der Waals surface area (Å²) in [5, 5.41) is 0. The number of ketones is 2. The molecule has 32 heavy (non-hydrogen) atoms. The number of allylic oxidation sites excluding steroid dienone is 6. The van der Waals surface area contributed by atoms with Crippen LogP contribution in [0.1, 0.15) is 86.2 Å². The molecule has 0 saturated heterocycles. The average molecular weight is 425 g/mol. The molecular formula is C30H32O2. The first-order chi connectivity index (χ1) is 15.1. The first kappa shape index (κ1) is 22.2. The highest BCUT2D eigenvalue weighted by Gasteiger charge is 2.36. The van der Waals surface area contributed by atoms with E-state index in [1.54, 1.807) is 0 Å². The van der Waals surface area contributed by atoms with Gasteiger partial charge in [0.1, 0.15) is 0 Å². The minimum Gasteiger partial charge on any atom is -0.289 e. The average Bonchev–Trinajstić information content (AvgIpc) is 2.80. The zero-order chi connectivity index (χ0) is 23.3. The molecule has 0 bridgehead atoms. The van der Waals surface area contributed by atoms with E-state index in [-0.39, 0.29) is 22.4 Å². The third kappa shape index (κ3) is 3.43. The van der Waals surface area contributed by atoms with Crippen LogP contribution in [0.3, 0.4) is 0 Å². The molecule has 0 radical (unpaired) electrons. The predicted octanol–water partition coefficient (Wildman–Crippen LogP) is 7.72. The lowest BCUT2D eigenvalue weighted by Gasteiger charge is -2.33. The number of benzene rings is 2. The number of fused-ring (bicyclic) bond motifs is 2. The van der Waals surface area contributed by atoms with E-state index in [1.807, 2.05) is 48.5 Å². The van der Waals surface area contributed by atoms with Crippen molar-refractivity contribution in [1.29, 1.82) is 0 Å². The Bertz CT molecular complexity index is 1120. The maximum absolute atomic E-state index is 13.5. The molecule has 164 valence electrons. The fraction of sp³-hybridized carbons (Fsp3) is 0.333. The number of hydrogen-bond acceptors (Lipinski definition) is 2. The van der Waals surface area contributed by atoms with Crippen molar-refractivity contribution in [3.8, 4) is 0 Å². The molecule has 2 aromatic carbocycles. The quantitative estimate of drug-likeness (QED) is 0.503. The van der Waals surface area contributed by atoms with Crippen molar-refractivity contribution in [3.05, 3.63) is 94.1 Å². The second kappa shape index (κ2) is 7.85. The van der Waals surface area contributed by atoms with Crippen LogP contribution in [0.5, 0.6) is 0 Å². The molecule has 0 saturated carbocycles. The Kier molecular flexibility index (Phi) is 5.45. The Morgan fingerprint density at radius 1 is 0.562 bits per heavy atom. The Morgan fingerprint density at radius 2 is 0.875 bits per heavy atom. The van der Waals surface area contributed by atoms with Gasteiger partial charge in [0.05, 0.1) is 0 Å². The van der Waals surface area contributed by atoms with Gasteiger partial charge < -0.3 is 0 Å². The van der Waals surface area contributed by atoms with E-state index >= 15 is 0 Å². The summed E-state index contributed by atoms with van der Waals surface area (Å²) in [6.07, 6.45) is 5.91. The minimum absolute atomic E-state index is 0.107. The summed E-state index contributed by atoms with van der Waals surface area (Å²) in [6.45, 7) is 12.8. The summed E-state index contributed by atoms with van der Waals surface area (Å²) in [5.41, 5.74) is 6.61. The zero-order valence-electron chi connectivity index (χ0n) is 20.0. The second-order valence-electron chi connectivity index (χ2n) is 10.2. The van der Waals surface area contributed by atoms with Gasteiger partial charge in [-0.3, -0.25) is 9.59 Å². The van der Waals surface area contributed by atoms with Crippen LogP contribution < -0.4 is 0 Å². The Balaban J connectivity index is 2.12. The number of hydrogen-bond donors (Lipinski definition) is 0. The highest BCUT2D eigenvalue weighted by atomic mass is 16.1. The summed E-state index contributed by atoms with van der Waals surface area (Å²) in [4.78, 5) is 26.9. The van der Waals surface area contributed by atoms with Gasteiger partial charge in [-0.1, -0.05) is 90.1 Å². The molecule has 0 unspecified atom stereocenters. The summed E-state index contributed by atoms with van der Waals surface area (Å²) in [5.74, 6) is 0.213. The molecule has 0 aromatic heterocycles. The molecule has 0 atom stereocenters. The van der Waals surface area contributed by atoms with Crippen LogP contribution in [0.4, 0.5) is 0 Å². The van der Waals surface area contributed by atoms with E-state index < -0.39 is 0 Å². The Morgan fingerprint density at radius 3 is 1.19 bits per heavy atom. The largest absolute Gasteiger partial charge is 0.289 e. The summed E-state index contributed by atoms with van der Waals surface area (Å²) in [6, 6.07) is 15.7. The van der Waals surface area contributed by atoms with Crippen molar-refractivity contribution in [2.45, 2.75) is 54.4 Å². The van der Waals surface area contributed by atoms with E-state index in [0.29, 0.717) is 0 Å². The second-order valence-corrected chi connectivity index (χ2v) is 10.2. The third-order valence-electron chi connectivity index (χ3n) is 7.51. The molecule has 0 spiro atoms. The number of carbonyl (C=O) groups excluding carboxylic acids is 2. The van der Waals surface area contributed by atoms with E-state index in [4.69, 9.17) is 0 Å². The number of carbonyl (C=O) groups is 2. The van der Waals surface area contributed by atoms with Crippen LogP contribution in [-0.4, -0.2) is 11.6 Å². The molecule has 0 heterocycles. The van der Waals surface area contributed by atoms with Gasteiger partial charge in [0.25, 0.3) is 0 Å². The first-order valence-corrected chi connectivity index (χ1v) is 11.6. The van der Waals surface area contributed by atoms with E-state index in [1.165, 1.54) is 0 Å². The van der Waals surface area contributed by atoms with Gasteiger partial charge in [-0.15, -0.1) is 0 Å². The molecule has 0 fully saturated rings. The van der Waals surface area contributed by atoms with Crippen molar-refractivity contribution in [2.75, 3.05) is 0 Å². The standard InChI is InChI=1S/C30H32O2/c1-7-29(3,4)25-17-23(19-13-9-11-15-21(19)27(25)31)24-18-26(30(5,6)8-2)28(32)22-16-12-10-14-20(22)24/h9-18H,7-8H2,1-6H3. The van der Waals surface area contributed by atoms with Crippen LogP contribution in [-0.2, 0) is 0 Å². The monoisotopic (exact) mass is 424 g/mol. The molecule has 4 rings (SSSR count). The van der Waals surface area contributed by atoms with Crippen molar-refractivity contribution < 1.29 is 9.59 Å². The van der Waals surface area contributed by atoms with Gasteiger partial charge in [0.15, 0.2) is 11.6 Å². The minimum atomic E-state index is -0.240. The number of Topliss-reactive ketones (excluding diaryl/α,β-unsaturated/α-hetero) is 2. The summed E-state index contributed by atoms with van der Waals surface area (Å²) < 4.78 is 0. The van der Waals surface area contributed by atoms with Crippen molar-refractivity contribution in [2.24, 2.45) is 10.8 Å². The highest BCUT2D eigenvalue weighted by molar-refractivity contribution is 6.23. The molecule has 2 nitrogen and oxygen atoms in total. The van der Waals surface area contributed by atoms with Crippen LogP contribution in [0, 0.1) is 10.8 Å². The van der Waals surface area contributed by atoms with E-state index in [9.17, 15) is 9.59 Å². The summed E-state index contributed by atoms with van der Waals surface area (Å²) >= 11 is 0. The van der Waals surface area contributed by atoms with Crippen molar-refractivity contribution >= 4 is 22.7 Å². The third-order valence-corrected chi connectivity index (χ3v) is 7.51. The van der Waals surface area contributed by atoms with Crippen LogP contribution in [0.15, 0.2) is 71.8 Å². The van der Waals surface area contributed by atoms with Gasteiger partial charge in [0.2, 0.25) is 0 Å². The zero-order valence-corrected chi connectivity index (χ0v) is 20.0. The van der Waals surface area contributed by atoms with Gasteiger partial charge in [0, 0.05) is 22.3 Å². The highest BCUT2D eigenvalue weighted by Crippen LogP contribution is 2.46. The molecule has 2 aliphatic carbocycles. The van der Waals surface area contributed by atoms with Crippen LogP contribution in [0.25, 0.3) is 11.1 Å². The van der Waals surface area contributed by atoms with Gasteiger partial charge in [-0.2, -0.15) is 0 Å². The van der Waals surface area contributed by atoms with Crippen LogP contribution in [0.2, 0.25) is 0 Å². The van der Waals surface area contributed by atoms with Gasteiger partial charge in [-0.05, 0) is 58.1 Å². The molecule has 2 heteroatoms. The molecule has 0 N–H and O–H groups in total. The molecule has 0 amide bonds. The number of rotatable bonds is 4. The van der Waals surface area contributed by atoms with E-state index in [0.717, 1.165) is 57.4 Å². The van der Waals surface area contributed by atoms with Gasteiger partial charge >= 0.3 is 0 Å². The SMILES string of the molecule is CCC(C)(C)C1=CC(=C2C=C(C(C)(C)CC)C(=O)c3ccccc32)c2ccccc2C1=O. The molecule has 2 aromatic rings. The fourth-order valence-electron chi connectivity index (χ4n) is 4.53. The van der Waals surface area contributed by atoms with Crippen molar-refractivity contribution in [3.63, 3.8) is 0 Å². The smallest absolute Gasteiger partial charge is 0.190 e. The molecule has 0 aliphatic heterocycles. The molecular weight excluding hydrogens is 392 g/mol. The lowest BCUT2D eigenvalue weighted by atomic mass is 9.69. The normalized spacial score (nSPS) is 18.7. The fourth-order valence-corrected chi connectivity index (χ4v) is 4.53. The lowest BCUT2D eigenvalue weighted by Crippen LogP contribution is -2.26. The Labute approximate surface area is 191 Å². The maximum Gasteiger partial charge on any atom is 0.190 e. The van der Waals surface area contributed by atoms with Gasteiger partial charge in [-0.25, -0.2) is 0 Å². The maximum atomic E-state index is 13.5. The predicted molar refractivity (Wildman–Crippen MR) is 133 cm³/mol. The van der Waals surface area contributed by atoms with Crippen molar-refractivity contribution in [1.82, 2.24) is 0 Å².